The number of nitrogens with zero attached hydrogens (tertiary/aromatic N) is 2. The molecule has 0 saturated carbocycles. The normalized spacial score (nSPS) is 12.0. The second kappa shape index (κ2) is 5.52. The summed E-state index contributed by atoms with van der Waals surface area (Å²) in [6, 6.07) is 1.49. The lowest BCUT2D eigenvalue weighted by atomic mass is 10.2. The van der Waals surface area contributed by atoms with Gasteiger partial charge in [0.2, 0.25) is 5.91 Å². The lowest BCUT2D eigenvalue weighted by Crippen LogP contribution is -2.39. The van der Waals surface area contributed by atoms with Gasteiger partial charge < -0.3 is 16.0 Å². The zero-order valence-electron chi connectivity index (χ0n) is 10.8. The number of aromatic nitrogens is 1. The molecule has 1 aromatic rings. The summed E-state index contributed by atoms with van der Waals surface area (Å²) < 4.78 is 0. The summed E-state index contributed by atoms with van der Waals surface area (Å²) in [5.41, 5.74) is 7.39. The topological polar surface area (TPSA) is 71.2 Å². The molecule has 0 aliphatic carbocycles. The van der Waals surface area contributed by atoms with Crippen molar-refractivity contribution in [1.82, 2.24) is 9.88 Å². The van der Waals surface area contributed by atoms with Crippen molar-refractivity contribution < 1.29 is 4.79 Å². The molecule has 0 spiro atoms. The molecule has 0 radical (unpaired) electrons. The van der Waals surface area contributed by atoms with Gasteiger partial charge in [0.1, 0.15) is 11.9 Å². The highest BCUT2D eigenvalue weighted by molar-refractivity contribution is 5.84. The molecule has 0 bridgehead atoms. The van der Waals surface area contributed by atoms with Crippen molar-refractivity contribution in [2.75, 3.05) is 24.6 Å². The first-order valence-electron chi connectivity index (χ1n) is 5.69. The standard InChI is InChI=1S/C12H20N4O/c1-5-16(4)12(17)9(3)15-11-10(13)6-8(2)7-14-11/h6-7,9H,5,13H2,1-4H3,(H,14,15). The lowest BCUT2D eigenvalue weighted by Gasteiger charge is -2.21. The molecular formula is C12H20N4O. The number of likely N-dealkylation sites (N-methyl/N-ethyl adjacent to an activating group) is 1. The largest absolute Gasteiger partial charge is 0.396 e. The molecule has 1 heterocycles. The molecule has 1 rings (SSSR count). The number of aryl methyl sites for hydroxylation is 1. The summed E-state index contributed by atoms with van der Waals surface area (Å²) in [6.45, 7) is 6.34. The molecule has 0 aromatic carbocycles. The van der Waals surface area contributed by atoms with E-state index in [1.807, 2.05) is 19.9 Å². The number of rotatable bonds is 4. The maximum atomic E-state index is 11.9. The van der Waals surface area contributed by atoms with E-state index in [2.05, 4.69) is 10.3 Å². The van der Waals surface area contributed by atoms with Gasteiger partial charge in [-0.3, -0.25) is 4.79 Å². The van der Waals surface area contributed by atoms with Crippen LogP contribution >= 0.6 is 0 Å². The molecule has 3 N–H and O–H groups in total. The van der Waals surface area contributed by atoms with Gasteiger partial charge in [0, 0.05) is 19.8 Å². The molecular weight excluding hydrogens is 216 g/mol. The molecule has 1 aromatic heterocycles. The average molecular weight is 236 g/mol. The van der Waals surface area contributed by atoms with E-state index in [0.717, 1.165) is 5.56 Å². The number of nitrogens with one attached hydrogen (secondary N) is 1. The number of carbonyl (C=O) groups is 1. The van der Waals surface area contributed by atoms with Crippen molar-refractivity contribution in [1.29, 1.82) is 0 Å². The number of anilines is 2. The van der Waals surface area contributed by atoms with E-state index >= 15 is 0 Å². The van der Waals surface area contributed by atoms with Crippen molar-refractivity contribution in [3.63, 3.8) is 0 Å². The zero-order chi connectivity index (χ0) is 13.0. The number of hydrogen-bond donors (Lipinski definition) is 2. The Morgan fingerprint density at radius 3 is 2.82 bits per heavy atom. The van der Waals surface area contributed by atoms with Gasteiger partial charge in [-0.05, 0) is 32.4 Å². The van der Waals surface area contributed by atoms with Crippen LogP contribution in [0.3, 0.4) is 0 Å². The first kappa shape index (κ1) is 13.3. The van der Waals surface area contributed by atoms with E-state index in [4.69, 9.17) is 5.73 Å². The predicted molar refractivity (Wildman–Crippen MR) is 69.8 cm³/mol. The summed E-state index contributed by atoms with van der Waals surface area (Å²) >= 11 is 0. The molecule has 17 heavy (non-hydrogen) atoms. The minimum Gasteiger partial charge on any atom is -0.396 e. The molecule has 0 aliphatic heterocycles. The molecule has 94 valence electrons. The van der Waals surface area contributed by atoms with Crippen LogP contribution in [0.5, 0.6) is 0 Å². The van der Waals surface area contributed by atoms with Crippen LogP contribution in [-0.4, -0.2) is 35.4 Å². The number of nitrogen functional groups attached to an aromatic ring is 1. The Balaban J connectivity index is 2.74. The van der Waals surface area contributed by atoms with E-state index in [0.29, 0.717) is 18.1 Å². The van der Waals surface area contributed by atoms with Crippen LogP contribution in [0.4, 0.5) is 11.5 Å². The Morgan fingerprint density at radius 2 is 2.29 bits per heavy atom. The molecule has 0 saturated heterocycles. The molecule has 1 amide bonds. The van der Waals surface area contributed by atoms with Crippen molar-refractivity contribution in [3.05, 3.63) is 17.8 Å². The molecule has 1 atom stereocenters. The van der Waals surface area contributed by atoms with Crippen LogP contribution in [0.25, 0.3) is 0 Å². The third-order valence-corrected chi connectivity index (χ3v) is 2.63. The summed E-state index contributed by atoms with van der Waals surface area (Å²) in [5, 5.41) is 3.03. The van der Waals surface area contributed by atoms with Gasteiger partial charge in [-0.2, -0.15) is 0 Å². The summed E-state index contributed by atoms with van der Waals surface area (Å²) in [7, 11) is 1.77. The van der Waals surface area contributed by atoms with Crippen LogP contribution in [0.1, 0.15) is 19.4 Å². The second-order valence-corrected chi connectivity index (χ2v) is 4.17. The van der Waals surface area contributed by atoms with Crippen molar-refractivity contribution in [2.45, 2.75) is 26.8 Å². The first-order chi connectivity index (χ1) is 7.95. The van der Waals surface area contributed by atoms with Gasteiger partial charge in [-0.15, -0.1) is 0 Å². The van der Waals surface area contributed by atoms with Crippen LogP contribution < -0.4 is 11.1 Å². The molecule has 5 nitrogen and oxygen atoms in total. The van der Waals surface area contributed by atoms with Gasteiger partial charge in [0.25, 0.3) is 0 Å². The smallest absolute Gasteiger partial charge is 0.244 e. The molecule has 5 heteroatoms. The average Bonchev–Trinajstić information content (AvgIpc) is 2.30. The maximum absolute atomic E-state index is 11.9. The number of nitrogens with two attached hydrogens (primary N) is 1. The highest BCUT2D eigenvalue weighted by Gasteiger charge is 2.17. The Morgan fingerprint density at radius 1 is 1.65 bits per heavy atom. The minimum absolute atomic E-state index is 0.0225. The summed E-state index contributed by atoms with van der Waals surface area (Å²) in [6.07, 6.45) is 1.72. The van der Waals surface area contributed by atoms with E-state index in [1.165, 1.54) is 0 Å². The van der Waals surface area contributed by atoms with Gasteiger partial charge in [-0.1, -0.05) is 0 Å². The number of pyridine rings is 1. The third kappa shape index (κ3) is 3.34. The number of amides is 1. The molecule has 0 fully saturated rings. The lowest BCUT2D eigenvalue weighted by molar-refractivity contribution is -0.130. The monoisotopic (exact) mass is 236 g/mol. The van der Waals surface area contributed by atoms with Crippen LogP contribution in [0, 0.1) is 6.92 Å². The first-order valence-corrected chi connectivity index (χ1v) is 5.69. The zero-order valence-corrected chi connectivity index (χ0v) is 10.8. The highest BCUT2D eigenvalue weighted by atomic mass is 16.2. The quantitative estimate of drug-likeness (QED) is 0.825. The minimum atomic E-state index is -0.336. The van der Waals surface area contributed by atoms with Crippen molar-refractivity contribution in [2.24, 2.45) is 0 Å². The molecule has 0 aliphatic rings. The van der Waals surface area contributed by atoms with Crippen molar-refractivity contribution >= 4 is 17.4 Å². The maximum Gasteiger partial charge on any atom is 0.244 e. The Kier molecular flexibility index (Phi) is 4.31. The van der Waals surface area contributed by atoms with E-state index in [9.17, 15) is 4.79 Å². The van der Waals surface area contributed by atoms with Crippen molar-refractivity contribution in [3.8, 4) is 0 Å². The van der Waals surface area contributed by atoms with E-state index in [-0.39, 0.29) is 11.9 Å². The number of carbonyl (C=O) groups excluding carboxylic acids is 1. The highest BCUT2D eigenvalue weighted by Crippen LogP contribution is 2.16. The Bertz CT molecular complexity index is 405. The fourth-order valence-electron chi connectivity index (χ4n) is 1.47. The van der Waals surface area contributed by atoms with Gasteiger partial charge >= 0.3 is 0 Å². The molecule has 1 unspecified atom stereocenters. The Labute approximate surface area is 102 Å². The predicted octanol–water partition coefficient (Wildman–Crippen LogP) is 1.25. The van der Waals surface area contributed by atoms with Gasteiger partial charge in [0.15, 0.2) is 0 Å². The number of hydrogen-bond acceptors (Lipinski definition) is 4. The van der Waals surface area contributed by atoms with Gasteiger partial charge in [-0.25, -0.2) is 4.98 Å². The third-order valence-electron chi connectivity index (χ3n) is 2.63. The van der Waals surface area contributed by atoms with Crippen LogP contribution in [0.15, 0.2) is 12.3 Å². The van der Waals surface area contributed by atoms with Crippen LogP contribution in [-0.2, 0) is 4.79 Å². The summed E-state index contributed by atoms with van der Waals surface area (Å²) in [4.78, 5) is 17.7. The second-order valence-electron chi connectivity index (χ2n) is 4.17. The Hall–Kier alpha value is -1.78. The fraction of sp³-hybridized carbons (Fsp3) is 0.500. The SMILES string of the molecule is CCN(C)C(=O)C(C)Nc1ncc(C)cc1N. The summed E-state index contributed by atoms with van der Waals surface area (Å²) in [5.74, 6) is 0.579. The van der Waals surface area contributed by atoms with Gasteiger partial charge in [0.05, 0.1) is 5.69 Å². The van der Waals surface area contributed by atoms with E-state index < -0.39 is 0 Å². The van der Waals surface area contributed by atoms with Crippen LogP contribution in [0.2, 0.25) is 0 Å². The fourth-order valence-corrected chi connectivity index (χ4v) is 1.47. The van der Waals surface area contributed by atoms with E-state index in [1.54, 1.807) is 25.1 Å².